The number of benzene rings is 3. The van der Waals surface area contributed by atoms with E-state index in [1.165, 1.54) is 20.3 Å². The lowest BCUT2D eigenvalue weighted by Crippen LogP contribution is -2.46. The van der Waals surface area contributed by atoms with Crippen LogP contribution in [0.5, 0.6) is 0 Å². The molecule has 3 aromatic rings. The molecule has 3 aromatic carbocycles. The number of likely N-dealkylation sites (tertiary alicyclic amines) is 3. The van der Waals surface area contributed by atoms with Crippen LogP contribution in [-0.4, -0.2) is 59.9 Å². The highest BCUT2D eigenvalue weighted by Gasteiger charge is 2.48. The fraction of sp³-hybridized carbons (Fsp3) is 0.424. The van der Waals surface area contributed by atoms with Gasteiger partial charge in [-0.2, -0.15) is 0 Å². The molecule has 198 valence electrons. The highest BCUT2D eigenvalue weighted by Crippen LogP contribution is 2.43. The summed E-state index contributed by atoms with van der Waals surface area (Å²) in [5, 5.41) is 0. The molecule has 2 atom stereocenters. The van der Waals surface area contributed by atoms with E-state index >= 15 is 0 Å². The summed E-state index contributed by atoms with van der Waals surface area (Å²) in [6.07, 6.45) is 3.03. The topological polar surface area (TPSA) is 26.8 Å². The van der Waals surface area contributed by atoms with E-state index in [4.69, 9.17) is 0 Å². The molecule has 0 aromatic heterocycles. The first-order valence-electron chi connectivity index (χ1n) is 14.2. The predicted octanol–water partition coefficient (Wildman–Crippen LogP) is 6.02. The zero-order chi connectivity index (χ0) is 26.0. The zero-order valence-corrected chi connectivity index (χ0v) is 24.3. The number of piperidine rings is 1. The quantitative estimate of drug-likeness (QED) is 0.303. The van der Waals surface area contributed by atoms with E-state index in [9.17, 15) is 4.79 Å². The van der Waals surface area contributed by atoms with Crippen LogP contribution in [0.4, 0.5) is 0 Å². The summed E-state index contributed by atoms with van der Waals surface area (Å²) in [5.41, 5.74) is 3.97. The first-order valence-corrected chi connectivity index (χ1v) is 15.2. The van der Waals surface area contributed by atoms with Crippen molar-refractivity contribution in [3.8, 4) is 0 Å². The van der Waals surface area contributed by atoms with Crippen molar-refractivity contribution in [3.05, 3.63) is 105 Å². The number of hydrogen-bond acceptors (Lipinski definition) is 3. The standard InChI is InChI=1S/C33H38IN3O/c34-30-13-11-27(12-14-30)22-37-20-17-33(32(37)38)15-18-35(19-16-33)23-29-24-36(21-26-7-3-1-4-8-26)25-31(29)28-9-5-2-6-10-28/h1-14,29,31H,15-25H2/t29-,31+/m0/s1. The van der Waals surface area contributed by atoms with E-state index in [0.717, 1.165) is 71.6 Å². The van der Waals surface area contributed by atoms with Crippen LogP contribution in [0.3, 0.4) is 0 Å². The third-order valence-electron chi connectivity index (χ3n) is 9.19. The first-order chi connectivity index (χ1) is 18.6. The normalized spacial score (nSPS) is 23.9. The van der Waals surface area contributed by atoms with Gasteiger partial charge in [-0.05, 0) is 89.7 Å². The van der Waals surface area contributed by atoms with Crippen LogP contribution in [0.25, 0.3) is 0 Å². The van der Waals surface area contributed by atoms with Gasteiger partial charge < -0.3 is 9.80 Å². The Bertz CT molecular complexity index is 1210. The average Bonchev–Trinajstić information content (AvgIpc) is 3.48. The maximum atomic E-state index is 13.6. The average molecular weight is 620 g/mol. The van der Waals surface area contributed by atoms with Crippen LogP contribution >= 0.6 is 22.6 Å². The van der Waals surface area contributed by atoms with Gasteiger partial charge in [0.15, 0.2) is 0 Å². The highest BCUT2D eigenvalue weighted by molar-refractivity contribution is 14.1. The Kier molecular flexibility index (Phi) is 7.87. The largest absolute Gasteiger partial charge is 0.338 e. The summed E-state index contributed by atoms with van der Waals surface area (Å²) in [7, 11) is 0. The Morgan fingerprint density at radius 3 is 2.05 bits per heavy atom. The van der Waals surface area contributed by atoms with Gasteiger partial charge in [-0.25, -0.2) is 0 Å². The van der Waals surface area contributed by atoms with Gasteiger partial charge in [0.05, 0.1) is 5.41 Å². The van der Waals surface area contributed by atoms with E-state index in [0.29, 0.717) is 17.7 Å². The Hall–Kier alpha value is -2.22. The first kappa shape index (κ1) is 26.0. The summed E-state index contributed by atoms with van der Waals surface area (Å²) in [5.74, 6) is 1.58. The lowest BCUT2D eigenvalue weighted by Gasteiger charge is -2.39. The van der Waals surface area contributed by atoms with Gasteiger partial charge >= 0.3 is 0 Å². The van der Waals surface area contributed by atoms with Crippen LogP contribution in [0, 0.1) is 14.9 Å². The van der Waals surface area contributed by atoms with Crippen molar-refractivity contribution in [1.29, 1.82) is 0 Å². The third-order valence-corrected chi connectivity index (χ3v) is 9.91. The Labute approximate surface area is 241 Å². The molecule has 0 aliphatic carbocycles. The molecular formula is C33H38IN3O. The third kappa shape index (κ3) is 5.70. The second-order valence-corrected chi connectivity index (χ2v) is 12.9. The molecule has 0 unspecified atom stereocenters. The van der Waals surface area contributed by atoms with Crippen molar-refractivity contribution in [2.45, 2.75) is 38.3 Å². The smallest absolute Gasteiger partial charge is 0.229 e. The lowest BCUT2D eigenvalue weighted by molar-refractivity contribution is -0.139. The molecule has 0 N–H and O–H groups in total. The van der Waals surface area contributed by atoms with Crippen LogP contribution < -0.4 is 0 Å². The minimum Gasteiger partial charge on any atom is -0.338 e. The second kappa shape index (κ2) is 11.5. The maximum absolute atomic E-state index is 13.6. The molecule has 5 heteroatoms. The lowest BCUT2D eigenvalue weighted by atomic mass is 9.76. The molecular weight excluding hydrogens is 581 g/mol. The molecule has 0 radical (unpaired) electrons. The van der Waals surface area contributed by atoms with Crippen molar-refractivity contribution in [2.75, 3.05) is 39.3 Å². The van der Waals surface area contributed by atoms with Gasteiger partial charge in [0.2, 0.25) is 5.91 Å². The number of carbonyl (C=O) groups is 1. The van der Waals surface area contributed by atoms with Gasteiger partial charge in [-0.15, -0.1) is 0 Å². The van der Waals surface area contributed by atoms with Gasteiger partial charge in [-0.1, -0.05) is 72.8 Å². The molecule has 3 saturated heterocycles. The summed E-state index contributed by atoms with van der Waals surface area (Å²) >= 11 is 2.34. The monoisotopic (exact) mass is 619 g/mol. The number of amides is 1. The van der Waals surface area contributed by atoms with Gasteiger partial charge in [-0.3, -0.25) is 9.69 Å². The molecule has 3 aliphatic rings. The molecule has 1 amide bonds. The van der Waals surface area contributed by atoms with Crippen molar-refractivity contribution in [2.24, 2.45) is 11.3 Å². The Balaban J connectivity index is 1.08. The number of nitrogens with zero attached hydrogens (tertiary/aromatic N) is 3. The fourth-order valence-corrected chi connectivity index (χ4v) is 7.37. The van der Waals surface area contributed by atoms with Crippen LogP contribution in [0.2, 0.25) is 0 Å². The summed E-state index contributed by atoms with van der Waals surface area (Å²) in [6.45, 7) is 8.14. The number of halogens is 1. The molecule has 0 saturated carbocycles. The van der Waals surface area contributed by atoms with Gasteiger partial charge in [0.25, 0.3) is 0 Å². The molecule has 1 spiro atoms. The minimum absolute atomic E-state index is 0.131. The number of hydrogen-bond donors (Lipinski definition) is 0. The van der Waals surface area contributed by atoms with E-state index < -0.39 is 0 Å². The molecule has 0 bridgehead atoms. The van der Waals surface area contributed by atoms with Crippen LogP contribution in [-0.2, 0) is 17.9 Å². The summed E-state index contributed by atoms with van der Waals surface area (Å²) in [4.78, 5) is 21.0. The van der Waals surface area contributed by atoms with E-state index in [1.54, 1.807) is 0 Å². The maximum Gasteiger partial charge on any atom is 0.229 e. The SMILES string of the molecule is O=C1N(Cc2ccc(I)cc2)CCC12CCN(C[C@H]1CN(Cc3ccccc3)C[C@@H]1c1ccccc1)CC2. The van der Waals surface area contributed by atoms with E-state index in [1.807, 2.05) is 0 Å². The van der Waals surface area contributed by atoms with Crippen LogP contribution in [0.1, 0.15) is 41.9 Å². The molecule has 38 heavy (non-hydrogen) atoms. The molecule has 4 nitrogen and oxygen atoms in total. The Morgan fingerprint density at radius 2 is 1.34 bits per heavy atom. The second-order valence-electron chi connectivity index (χ2n) is 11.6. The molecule has 3 aliphatic heterocycles. The zero-order valence-electron chi connectivity index (χ0n) is 22.1. The Morgan fingerprint density at radius 1 is 0.711 bits per heavy atom. The minimum atomic E-state index is -0.131. The number of rotatable bonds is 7. The summed E-state index contributed by atoms with van der Waals surface area (Å²) in [6, 6.07) is 30.6. The fourth-order valence-electron chi connectivity index (χ4n) is 7.01. The van der Waals surface area contributed by atoms with Crippen molar-refractivity contribution >= 4 is 28.5 Å². The highest BCUT2D eigenvalue weighted by atomic mass is 127. The van der Waals surface area contributed by atoms with Gasteiger partial charge in [0.1, 0.15) is 0 Å². The molecule has 3 fully saturated rings. The molecule has 6 rings (SSSR count). The van der Waals surface area contributed by atoms with Crippen molar-refractivity contribution in [1.82, 2.24) is 14.7 Å². The van der Waals surface area contributed by atoms with E-state index in [2.05, 4.69) is 122 Å². The van der Waals surface area contributed by atoms with Crippen molar-refractivity contribution in [3.63, 3.8) is 0 Å². The van der Waals surface area contributed by atoms with Crippen molar-refractivity contribution < 1.29 is 4.79 Å². The predicted molar refractivity (Wildman–Crippen MR) is 162 cm³/mol. The molecule has 3 heterocycles. The summed E-state index contributed by atoms with van der Waals surface area (Å²) < 4.78 is 1.24. The number of carbonyl (C=O) groups excluding carboxylic acids is 1. The van der Waals surface area contributed by atoms with Gasteiger partial charge in [0, 0.05) is 48.8 Å². The van der Waals surface area contributed by atoms with Crippen LogP contribution in [0.15, 0.2) is 84.9 Å². The van der Waals surface area contributed by atoms with E-state index in [-0.39, 0.29) is 5.41 Å².